The minimum absolute atomic E-state index is 0.0430. The van der Waals surface area contributed by atoms with E-state index < -0.39 is 11.9 Å². The van der Waals surface area contributed by atoms with Gasteiger partial charge in [0.15, 0.2) is 0 Å². The fourth-order valence-corrected chi connectivity index (χ4v) is 2.29. The van der Waals surface area contributed by atoms with Crippen LogP contribution in [-0.2, 0) is 4.79 Å². The van der Waals surface area contributed by atoms with Crippen molar-refractivity contribution in [3.8, 4) is 0 Å². The van der Waals surface area contributed by atoms with Gasteiger partial charge in [0.05, 0.1) is 6.42 Å². The van der Waals surface area contributed by atoms with Gasteiger partial charge in [0.1, 0.15) is 0 Å². The number of rotatable bonds is 3. The summed E-state index contributed by atoms with van der Waals surface area (Å²) in [7, 11) is 0. The van der Waals surface area contributed by atoms with Crippen LogP contribution in [0.5, 0.6) is 0 Å². The Balaban J connectivity index is 1.92. The summed E-state index contributed by atoms with van der Waals surface area (Å²) in [5.41, 5.74) is -0.256. The predicted molar refractivity (Wildman–Crippen MR) is 41.6 cm³/mol. The standard InChI is InChI=1S/C9H12F2O2/c10-9(11)3-6(4-9)8(1-2-8)5-7(12)13/h6H,1-5H2,(H,12,13). The van der Waals surface area contributed by atoms with E-state index in [1.807, 2.05) is 0 Å². The van der Waals surface area contributed by atoms with Gasteiger partial charge in [0, 0.05) is 12.8 Å². The summed E-state index contributed by atoms with van der Waals surface area (Å²) in [4.78, 5) is 10.5. The maximum Gasteiger partial charge on any atom is 0.303 e. The van der Waals surface area contributed by atoms with Crippen LogP contribution in [0.15, 0.2) is 0 Å². The molecule has 2 aliphatic carbocycles. The van der Waals surface area contributed by atoms with Gasteiger partial charge in [0.25, 0.3) is 0 Å². The molecule has 0 aliphatic heterocycles. The highest BCUT2D eigenvalue weighted by atomic mass is 19.3. The lowest BCUT2D eigenvalue weighted by atomic mass is 9.69. The van der Waals surface area contributed by atoms with Gasteiger partial charge in [-0.15, -0.1) is 0 Å². The number of halogens is 2. The van der Waals surface area contributed by atoms with E-state index >= 15 is 0 Å². The van der Waals surface area contributed by atoms with Crippen LogP contribution in [0.1, 0.15) is 32.1 Å². The molecule has 0 aromatic heterocycles. The number of carboxylic acid groups (broad SMARTS) is 1. The Kier molecular flexibility index (Phi) is 1.66. The molecular formula is C9H12F2O2. The van der Waals surface area contributed by atoms with Crippen molar-refractivity contribution in [3.63, 3.8) is 0 Å². The van der Waals surface area contributed by atoms with Gasteiger partial charge in [0.2, 0.25) is 5.92 Å². The zero-order valence-corrected chi connectivity index (χ0v) is 7.22. The van der Waals surface area contributed by atoms with Crippen LogP contribution in [0.4, 0.5) is 8.78 Å². The van der Waals surface area contributed by atoms with Crippen molar-refractivity contribution in [1.82, 2.24) is 0 Å². The molecule has 1 N–H and O–H groups in total. The minimum atomic E-state index is -2.52. The third-order valence-corrected chi connectivity index (χ3v) is 3.35. The fourth-order valence-electron chi connectivity index (χ4n) is 2.29. The summed E-state index contributed by atoms with van der Waals surface area (Å²) in [6.45, 7) is 0. The van der Waals surface area contributed by atoms with Crippen LogP contribution >= 0.6 is 0 Å². The van der Waals surface area contributed by atoms with E-state index in [0.29, 0.717) is 0 Å². The summed E-state index contributed by atoms with van der Waals surface area (Å²) >= 11 is 0. The van der Waals surface area contributed by atoms with Gasteiger partial charge in [-0.3, -0.25) is 4.79 Å². The Morgan fingerprint density at radius 3 is 2.23 bits per heavy atom. The first-order valence-electron chi connectivity index (χ1n) is 4.53. The Hall–Kier alpha value is -0.670. The first-order chi connectivity index (χ1) is 5.94. The zero-order chi connectivity index (χ0) is 9.69. The number of carbonyl (C=O) groups is 1. The van der Waals surface area contributed by atoms with Crippen molar-refractivity contribution < 1.29 is 18.7 Å². The Morgan fingerprint density at radius 2 is 1.92 bits per heavy atom. The maximum atomic E-state index is 12.5. The molecule has 2 saturated carbocycles. The summed E-state index contributed by atoms with van der Waals surface area (Å²) in [6.07, 6.45) is 1.52. The van der Waals surface area contributed by atoms with E-state index in [0.717, 1.165) is 12.8 Å². The lowest BCUT2D eigenvalue weighted by Crippen LogP contribution is -2.41. The van der Waals surface area contributed by atoms with E-state index in [-0.39, 0.29) is 30.6 Å². The van der Waals surface area contributed by atoms with Crippen molar-refractivity contribution >= 4 is 5.97 Å². The van der Waals surface area contributed by atoms with Crippen LogP contribution < -0.4 is 0 Å². The first kappa shape index (κ1) is 8.91. The number of carboxylic acids is 1. The molecule has 0 spiro atoms. The van der Waals surface area contributed by atoms with Crippen molar-refractivity contribution in [2.75, 3.05) is 0 Å². The molecule has 2 rings (SSSR count). The van der Waals surface area contributed by atoms with Gasteiger partial charge in [-0.1, -0.05) is 0 Å². The summed E-state index contributed by atoms with van der Waals surface area (Å²) in [5, 5.41) is 8.60. The lowest BCUT2D eigenvalue weighted by Gasteiger charge is -2.40. The lowest BCUT2D eigenvalue weighted by molar-refractivity contribution is -0.149. The van der Waals surface area contributed by atoms with Gasteiger partial charge >= 0.3 is 5.97 Å². The normalized spacial score (nSPS) is 29.4. The van der Waals surface area contributed by atoms with Crippen molar-refractivity contribution in [3.05, 3.63) is 0 Å². The molecule has 2 nitrogen and oxygen atoms in total. The highest BCUT2D eigenvalue weighted by Gasteiger charge is 2.60. The van der Waals surface area contributed by atoms with Gasteiger partial charge in [-0.2, -0.15) is 0 Å². The van der Waals surface area contributed by atoms with E-state index in [9.17, 15) is 13.6 Å². The van der Waals surface area contributed by atoms with Crippen LogP contribution in [0, 0.1) is 11.3 Å². The van der Waals surface area contributed by atoms with Gasteiger partial charge in [-0.25, -0.2) is 8.78 Å². The molecule has 0 amide bonds. The van der Waals surface area contributed by atoms with Crippen molar-refractivity contribution in [2.45, 2.75) is 38.0 Å². The van der Waals surface area contributed by atoms with Crippen LogP contribution in [0.2, 0.25) is 0 Å². The maximum absolute atomic E-state index is 12.5. The monoisotopic (exact) mass is 190 g/mol. The van der Waals surface area contributed by atoms with Crippen LogP contribution in [0.3, 0.4) is 0 Å². The van der Waals surface area contributed by atoms with Crippen LogP contribution in [-0.4, -0.2) is 17.0 Å². The summed E-state index contributed by atoms with van der Waals surface area (Å²) in [6, 6.07) is 0. The number of hydrogen-bond acceptors (Lipinski definition) is 1. The number of alkyl halides is 2. The fraction of sp³-hybridized carbons (Fsp3) is 0.889. The summed E-state index contributed by atoms with van der Waals surface area (Å²) < 4.78 is 25.1. The molecule has 0 aromatic carbocycles. The third kappa shape index (κ3) is 1.54. The van der Waals surface area contributed by atoms with Gasteiger partial charge < -0.3 is 5.11 Å². The predicted octanol–water partition coefficient (Wildman–Crippen LogP) is 2.29. The van der Waals surface area contributed by atoms with Crippen LogP contribution in [0.25, 0.3) is 0 Å². The quantitative estimate of drug-likeness (QED) is 0.741. The molecular weight excluding hydrogens is 178 g/mol. The molecule has 0 bridgehead atoms. The highest BCUT2D eigenvalue weighted by molar-refractivity contribution is 5.68. The first-order valence-corrected chi connectivity index (χ1v) is 4.53. The second kappa shape index (κ2) is 2.42. The van der Waals surface area contributed by atoms with Gasteiger partial charge in [-0.05, 0) is 24.2 Å². The number of hydrogen-bond donors (Lipinski definition) is 1. The molecule has 0 aromatic rings. The molecule has 0 atom stereocenters. The largest absolute Gasteiger partial charge is 0.481 e. The highest BCUT2D eigenvalue weighted by Crippen LogP contribution is 2.64. The molecule has 74 valence electrons. The Labute approximate surface area is 74.9 Å². The van der Waals surface area contributed by atoms with E-state index in [2.05, 4.69) is 0 Å². The average molecular weight is 190 g/mol. The molecule has 4 heteroatoms. The minimum Gasteiger partial charge on any atom is -0.481 e. The smallest absolute Gasteiger partial charge is 0.303 e. The molecule has 2 fully saturated rings. The molecule has 13 heavy (non-hydrogen) atoms. The van der Waals surface area contributed by atoms with Crippen molar-refractivity contribution in [1.29, 1.82) is 0 Å². The zero-order valence-electron chi connectivity index (χ0n) is 7.22. The molecule has 0 unspecified atom stereocenters. The second-order valence-electron chi connectivity index (χ2n) is 4.39. The Bertz CT molecular complexity index is 238. The molecule has 2 aliphatic rings. The van der Waals surface area contributed by atoms with Crippen molar-refractivity contribution in [2.24, 2.45) is 11.3 Å². The topological polar surface area (TPSA) is 37.3 Å². The SMILES string of the molecule is O=C(O)CC1(C2CC(F)(F)C2)CC1. The van der Waals surface area contributed by atoms with E-state index in [4.69, 9.17) is 5.11 Å². The van der Waals surface area contributed by atoms with E-state index in [1.54, 1.807) is 0 Å². The third-order valence-electron chi connectivity index (χ3n) is 3.35. The molecule has 0 radical (unpaired) electrons. The summed E-state index contributed by atoms with van der Waals surface area (Å²) in [5.74, 6) is -3.41. The molecule has 0 heterocycles. The molecule has 0 saturated heterocycles. The second-order valence-corrected chi connectivity index (χ2v) is 4.39. The Morgan fingerprint density at radius 1 is 1.38 bits per heavy atom. The average Bonchev–Trinajstić information content (AvgIpc) is 2.63. The number of aliphatic carboxylic acids is 1. The van der Waals surface area contributed by atoms with E-state index in [1.165, 1.54) is 0 Å².